The molecule has 1 amide bonds. The summed E-state index contributed by atoms with van der Waals surface area (Å²) in [5.41, 5.74) is 9.04. The van der Waals surface area contributed by atoms with Crippen LogP contribution in [-0.2, 0) is 9.59 Å². The highest BCUT2D eigenvalue weighted by molar-refractivity contribution is 7.15. The van der Waals surface area contributed by atoms with Gasteiger partial charge in [-0.15, -0.1) is 21.5 Å². The van der Waals surface area contributed by atoms with Gasteiger partial charge in [-0.3, -0.25) is 14.4 Å². The van der Waals surface area contributed by atoms with Crippen LogP contribution in [0, 0.1) is 20.8 Å². The third-order valence-corrected chi connectivity index (χ3v) is 7.23. The number of carbonyl (C=O) groups excluding carboxylic acids is 1. The Morgan fingerprint density at radius 3 is 2.63 bits per heavy atom. The molecule has 0 spiro atoms. The van der Waals surface area contributed by atoms with Gasteiger partial charge in [-0.1, -0.05) is 35.9 Å². The van der Waals surface area contributed by atoms with Gasteiger partial charge in [0.2, 0.25) is 5.91 Å². The number of aliphatic carboxylic acids is 1. The number of aromatic nitrogens is 3. The van der Waals surface area contributed by atoms with E-state index in [0.29, 0.717) is 16.7 Å². The van der Waals surface area contributed by atoms with Crippen molar-refractivity contribution in [1.29, 1.82) is 0 Å². The first kappa shape index (κ1) is 24.8. The van der Waals surface area contributed by atoms with Crippen molar-refractivity contribution in [3.05, 3.63) is 74.7 Å². The zero-order chi connectivity index (χ0) is 25.3. The number of hydrogen-bond donors (Lipinski definition) is 3. The maximum Gasteiger partial charge on any atom is 0.330 e. The molecule has 0 aliphatic carbocycles. The standard InChI is InChI=1S/C24H25ClN6O3S/c1-12-13(2)35-23-20(12)21(15-6-8-16(25)9-7-15)28-18(22-30-29-14(3)31(22)23)11-19(32)27-17(24(33)34)5-4-10-26/h4-9,17-18H,10-11,26H2,1-3H3,(H,27,32)(H,33,34)/b5-4+/t17?,18-/m0/s1. The number of nitrogens with one attached hydrogen (secondary N) is 1. The zero-order valence-corrected chi connectivity index (χ0v) is 21.0. The second kappa shape index (κ2) is 10.1. The minimum Gasteiger partial charge on any atom is -0.479 e. The Hall–Kier alpha value is -3.34. The number of carboxylic acids is 1. The van der Waals surface area contributed by atoms with E-state index in [2.05, 4.69) is 22.4 Å². The fourth-order valence-corrected chi connectivity index (χ4v) is 5.29. The molecule has 0 saturated carbocycles. The molecular weight excluding hydrogens is 488 g/mol. The molecule has 4 rings (SSSR count). The molecule has 1 aromatic carbocycles. The van der Waals surface area contributed by atoms with Crippen molar-refractivity contribution in [1.82, 2.24) is 20.1 Å². The van der Waals surface area contributed by atoms with Crippen LogP contribution < -0.4 is 11.1 Å². The highest BCUT2D eigenvalue weighted by Crippen LogP contribution is 2.39. The maximum atomic E-state index is 13.0. The summed E-state index contributed by atoms with van der Waals surface area (Å²) in [7, 11) is 0. The number of aliphatic imine (C=N–C) groups is 1. The molecule has 9 nitrogen and oxygen atoms in total. The summed E-state index contributed by atoms with van der Waals surface area (Å²) in [4.78, 5) is 30.7. The Kier molecular flexibility index (Phi) is 7.15. The summed E-state index contributed by atoms with van der Waals surface area (Å²) in [6.07, 6.45) is 2.74. The molecule has 182 valence electrons. The molecule has 35 heavy (non-hydrogen) atoms. The number of benzene rings is 1. The van der Waals surface area contributed by atoms with Crippen LogP contribution in [0.2, 0.25) is 5.02 Å². The summed E-state index contributed by atoms with van der Waals surface area (Å²) in [6, 6.07) is 5.51. The second-order valence-corrected chi connectivity index (χ2v) is 9.80. The van der Waals surface area contributed by atoms with Crippen LogP contribution in [-0.4, -0.2) is 50.0 Å². The van der Waals surface area contributed by atoms with Crippen LogP contribution in [0.4, 0.5) is 0 Å². The summed E-state index contributed by atoms with van der Waals surface area (Å²) >= 11 is 7.74. The predicted octanol–water partition coefficient (Wildman–Crippen LogP) is 3.27. The number of amides is 1. The van der Waals surface area contributed by atoms with Crippen molar-refractivity contribution in [2.45, 2.75) is 39.3 Å². The van der Waals surface area contributed by atoms with E-state index in [1.54, 1.807) is 23.5 Å². The first-order valence-corrected chi connectivity index (χ1v) is 12.2. The van der Waals surface area contributed by atoms with E-state index in [0.717, 1.165) is 32.3 Å². The number of nitrogens with zero attached hydrogens (tertiary/aromatic N) is 4. The average molecular weight is 513 g/mol. The quantitative estimate of drug-likeness (QED) is 0.416. The van der Waals surface area contributed by atoms with Crippen LogP contribution in [0.15, 0.2) is 41.4 Å². The molecular formula is C24H25ClN6O3S. The largest absolute Gasteiger partial charge is 0.479 e. The topological polar surface area (TPSA) is 135 Å². The molecule has 1 unspecified atom stereocenters. The molecule has 4 N–H and O–H groups in total. The number of carbonyl (C=O) groups is 2. The van der Waals surface area contributed by atoms with Gasteiger partial charge in [-0.2, -0.15) is 0 Å². The number of nitrogens with two attached hydrogens (primary N) is 1. The first-order chi connectivity index (χ1) is 16.7. The summed E-state index contributed by atoms with van der Waals surface area (Å²) in [6.45, 7) is 6.12. The van der Waals surface area contributed by atoms with Gasteiger partial charge in [0, 0.05) is 27.6 Å². The zero-order valence-electron chi connectivity index (χ0n) is 19.4. The lowest BCUT2D eigenvalue weighted by Crippen LogP contribution is -2.40. The number of carboxylic acid groups (broad SMARTS) is 1. The summed E-state index contributed by atoms with van der Waals surface area (Å²) < 4.78 is 1.94. The fraction of sp³-hybridized carbons (Fsp3) is 0.292. The number of rotatable bonds is 7. The molecule has 0 fully saturated rings. The normalized spacial score (nSPS) is 15.8. The van der Waals surface area contributed by atoms with Gasteiger partial charge in [0.1, 0.15) is 22.9 Å². The average Bonchev–Trinajstić information content (AvgIpc) is 3.29. The van der Waals surface area contributed by atoms with Crippen LogP contribution >= 0.6 is 22.9 Å². The van der Waals surface area contributed by atoms with E-state index in [-0.39, 0.29) is 13.0 Å². The Morgan fingerprint density at radius 1 is 1.26 bits per heavy atom. The Balaban J connectivity index is 1.81. The minimum absolute atomic E-state index is 0.109. The summed E-state index contributed by atoms with van der Waals surface area (Å²) in [5, 5.41) is 22.1. The van der Waals surface area contributed by atoms with Gasteiger partial charge in [0.25, 0.3) is 0 Å². The van der Waals surface area contributed by atoms with E-state index >= 15 is 0 Å². The fourth-order valence-electron chi connectivity index (χ4n) is 3.95. The second-order valence-electron chi connectivity index (χ2n) is 8.16. The van der Waals surface area contributed by atoms with Crippen LogP contribution in [0.25, 0.3) is 5.00 Å². The van der Waals surface area contributed by atoms with E-state index < -0.39 is 24.0 Å². The number of fused-ring (bicyclic) bond motifs is 3. The molecule has 2 aromatic heterocycles. The molecule has 1 aliphatic heterocycles. The van der Waals surface area contributed by atoms with Crippen molar-refractivity contribution in [3.63, 3.8) is 0 Å². The van der Waals surface area contributed by atoms with Gasteiger partial charge in [0.15, 0.2) is 5.82 Å². The number of halogens is 1. The van der Waals surface area contributed by atoms with Crippen molar-refractivity contribution < 1.29 is 14.7 Å². The van der Waals surface area contributed by atoms with Crippen molar-refractivity contribution >= 4 is 40.5 Å². The highest BCUT2D eigenvalue weighted by Gasteiger charge is 2.33. The molecule has 3 aromatic rings. The molecule has 0 saturated heterocycles. The van der Waals surface area contributed by atoms with Crippen LogP contribution in [0.1, 0.15) is 45.7 Å². The number of hydrogen-bond acceptors (Lipinski definition) is 7. The molecule has 0 radical (unpaired) electrons. The third-order valence-electron chi connectivity index (χ3n) is 5.78. The van der Waals surface area contributed by atoms with Crippen molar-refractivity contribution in [3.8, 4) is 5.00 Å². The monoisotopic (exact) mass is 512 g/mol. The lowest BCUT2D eigenvalue weighted by atomic mass is 9.99. The van der Waals surface area contributed by atoms with Gasteiger partial charge >= 0.3 is 5.97 Å². The smallest absolute Gasteiger partial charge is 0.330 e. The number of aryl methyl sites for hydroxylation is 2. The molecule has 2 atom stereocenters. The van der Waals surface area contributed by atoms with E-state index in [4.69, 9.17) is 22.3 Å². The third kappa shape index (κ3) is 4.90. The van der Waals surface area contributed by atoms with Gasteiger partial charge in [-0.25, -0.2) is 4.79 Å². The SMILES string of the molecule is Cc1sc2c(c1C)C(c1ccc(Cl)cc1)=N[C@@H](CC(=O)NC(/C=C/CN)C(=O)O)c1nnc(C)n1-2. The molecule has 1 aliphatic rings. The van der Waals surface area contributed by atoms with E-state index in [9.17, 15) is 14.7 Å². The number of thiophene rings is 1. The first-order valence-electron chi connectivity index (χ1n) is 11.0. The van der Waals surface area contributed by atoms with Gasteiger partial charge in [-0.05, 0) is 38.5 Å². The lowest BCUT2D eigenvalue weighted by molar-refractivity contribution is -0.140. The predicted molar refractivity (Wildman–Crippen MR) is 136 cm³/mol. The Morgan fingerprint density at radius 2 is 1.97 bits per heavy atom. The summed E-state index contributed by atoms with van der Waals surface area (Å²) in [5.74, 6) is -0.460. The Bertz CT molecular complexity index is 1340. The Labute approximate surface area is 211 Å². The van der Waals surface area contributed by atoms with E-state index in [1.165, 1.54) is 12.2 Å². The van der Waals surface area contributed by atoms with Crippen LogP contribution in [0.3, 0.4) is 0 Å². The minimum atomic E-state index is -1.19. The maximum absolute atomic E-state index is 13.0. The molecule has 0 bridgehead atoms. The lowest BCUT2D eigenvalue weighted by Gasteiger charge is -2.15. The van der Waals surface area contributed by atoms with Crippen molar-refractivity contribution in [2.24, 2.45) is 10.7 Å². The highest BCUT2D eigenvalue weighted by atomic mass is 35.5. The molecule has 11 heteroatoms. The van der Waals surface area contributed by atoms with E-state index in [1.807, 2.05) is 30.5 Å². The van der Waals surface area contributed by atoms with Crippen molar-refractivity contribution in [2.75, 3.05) is 6.54 Å². The van der Waals surface area contributed by atoms with Gasteiger partial charge < -0.3 is 16.2 Å². The van der Waals surface area contributed by atoms with Gasteiger partial charge in [0.05, 0.1) is 12.1 Å². The molecule has 3 heterocycles. The van der Waals surface area contributed by atoms with Crippen LogP contribution in [0.5, 0.6) is 0 Å².